The van der Waals surface area contributed by atoms with E-state index in [1.54, 1.807) is 6.92 Å². The maximum Gasteiger partial charge on any atom is 0.226 e. The zero-order chi connectivity index (χ0) is 9.35. The first-order valence-corrected chi connectivity index (χ1v) is 4.52. The Labute approximate surface area is 81.0 Å². The summed E-state index contributed by atoms with van der Waals surface area (Å²) in [6.45, 7) is 1.85. The Hall–Kier alpha value is 0.01000. The smallest absolute Gasteiger partial charge is 0.226 e. The van der Waals surface area contributed by atoms with Gasteiger partial charge in [-0.1, -0.05) is 0 Å². The molecule has 1 fully saturated rings. The third-order valence-electron chi connectivity index (χ3n) is 1.71. The Kier molecular flexibility index (Phi) is 2.86. The highest BCUT2D eigenvalue weighted by Gasteiger charge is 2.56. The molecule has 0 aromatic rings. The number of alkyl halides is 2. The quantitative estimate of drug-likeness (QED) is 0.675. The van der Waals surface area contributed by atoms with E-state index in [0.29, 0.717) is 6.42 Å². The van der Waals surface area contributed by atoms with Crippen LogP contribution < -0.4 is 5.32 Å². The molecule has 1 saturated carbocycles. The van der Waals surface area contributed by atoms with Gasteiger partial charge in [0.05, 0.1) is 12.0 Å². The molecule has 70 valence electrons. The van der Waals surface area contributed by atoms with Crippen molar-refractivity contribution in [3.05, 3.63) is 0 Å². The van der Waals surface area contributed by atoms with Crippen LogP contribution in [0.15, 0.2) is 0 Å². The van der Waals surface area contributed by atoms with Crippen molar-refractivity contribution in [2.45, 2.75) is 23.8 Å². The van der Waals surface area contributed by atoms with Crippen molar-refractivity contribution in [1.82, 2.24) is 5.32 Å². The summed E-state index contributed by atoms with van der Waals surface area (Å²) in [7, 11) is 0. The SMILES string of the molecule is CC(O)CNC(=O)C1CC1(Cl)Cl. The first kappa shape index (κ1) is 10.1. The first-order valence-electron chi connectivity index (χ1n) is 3.77. The molecule has 0 aliphatic heterocycles. The Morgan fingerprint density at radius 1 is 1.83 bits per heavy atom. The Morgan fingerprint density at radius 2 is 2.33 bits per heavy atom. The minimum absolute atomic E-state index is 0.180. The van der Waals surface area contributed by atoms with Crippen LogP contribution in [0, 0.1) is 5.92 Å². The van der Waals surface area contributed by atoms with Gasteiger partial charge in [-0.15, -0.1) is 23.2 Å². The molecule has 2 unspecified atom stereocenters. The zero-order valence-electron chi connectivity index (χ0n) is 6.68. The lowest BCUT2D eigenvalue weighted by Crippen LogP contribution is -2.32. The van der Waals surface area contributed by atoms with Crippen molar-refractivity contribution in [3.63, 3.8) is 0 Å². The van der Waals surface area contributed by atoms with Gasteiger partial charge in [0.25, 0.3) is 0 Å². The second kappa shape index (κ2) is 3.40. The number of hydrogen-bond donors (Lipinski definition) is 2. The molecule has 5 heteroatoms. The fourth-order valence-corrected chi connectivity index (χ4v) is 1.38. The predicted octanol–water partition coefficient (Wildman–Crippen LogP) is 0.677. The highest BCUT2D eigenvalue weighted by molar-refractivity contribution is 6.52. The second-order valence-electron chi connectivity index (χ2n) is 3.11. The van der Waals surface area contributed by atoms with Gasteiger partial charge in [0.15, 0.2) is 0 Å². The number of carbonyl (C=O) groups is 1. The van der Waals surface area contributed by atoms with Crippen LogP contribution >= 0.6 is 23.2 Å². The number of carbonyl (C=O) groups excluding carboxylic acids is 1. The maximum atomic E-state index is 11.1. The van der Waals surface area contributed by atoms with Crippen LogP contribution in [0.4, 0.5) is 0 Å². The molecule has 0 heterocycles. The molecule has 2 atom stereocenters. The van der Waals surface area contributed by atoms with Crippen LogP contribution in [0.1, 0.15) is 13.3 Å². The Bertz CT molecular complexity index is 194. The van der Waals surface area contributed by atoms with Gasteiger partial charge in [-0.25, -0.2) is 0 Å². The summed E-state index contributed by atoms with van der Waals surface area (Å²) < 4.78 is -0.872. The summed E-state index contributed by atoms with van der Waals surface area (Å²) in [6, 6.07) is 0. The number of halogens is 2. The lowest BCUT2D eigenvalue weighted by molar-refractivity contribution is -0.122. The van der Waals surface area contributed by atoms with Gasteiger partial charge in [0.2, 0.25) is 5.91 Å². The van der Waals surface area contributed by atoms with Gasteiger partial charge in [-0.05, 0) is 13.3 Å². The molecular weight excluding hydrogens is 201 g/mol. The van der Waals surface area contributed by atoms with E-state index in [-0.39, 0.29) is 18.4 Å². The maximum absolute atomic E-state index is 11.1. The number of aliphatic hydroxyl groups excluding tert-OH is 1. The van der Waals surface area contributed by atoms with Crippen molar-refractivity contribution in [3.8, 4) is 0 Å². The molecule has 0 bridgehead atoms. The van der Waals surface area contributed by atoms with Crippen molar-refractivity contribution in [1.29, 1.82) is 0 Å². The van der Waals surface area contributed by atoms with Crippen LogP contribution in [-0.2, 0) is 4.79 Å². The van der Waals surface area contributed by atoms with Gasteiger partial charge in [-0.3, -0.25) is 4.79 Å². The summed E-state index contributed by atoms with van der Waals surface area (Å²) >= 11 is 11.3. The van der Waals surface area contributed by atoms with Gasteiger partial charge >= 0.3 is 0 Å². The molecule has 0 saturated heterocycles. The Morgan fingerprint density at radius 3 is 2.67 bits per heavy atom. The van der Waals surface area contributed by atoms with Crippen LogP contribution in [0.5, 0.6) is 0 Å². The predicted molar refractivity (Wildman–Crippen MR) is 47.2 cm³/mol. The molecule has 1 aliphatic rings. The van der Waals surface area contributed by atoms with Gasteiger partial charge < -0.3 is 10.4 Å². The fraction of sp³-hybridized carbons (Fsp3) is 0.857. The number of nitrogens with one attached hydrogen (secondary N) is 1. The summed E-state index contributed by atoms with van der Waals surface area (Å²) in [5.41, 5.74) is 0. The zero-order valence-corrected chi connectivity index (χ0v) is 8.19. The largest absolute Gasteiger partial charge is 0.392 e. The van der Waals surface area contributed by atoms with E-state index < -0.39 is 10.4 Å². The topological polar surface area (TPSA) is 49.3 Å². The summed E-state index contributed by atoms with van der Waals surface area (Å²) in [4.78, 5) is 11.1. The third kappa shape index (κ3) is 2.51. The minimum Gasteiger partial charge on any atom is -0.392 e. The number of amides is 1. The van der Waals surface area contributed by atoms with Crippen LogP contribution in [0.3, 0.4) is 0 Å². The van der Waals surface area contributed by atoms with E-state index in [9.17, 15) is 4.79 Å². The molecule has 3 nitrogen and oxygen atoms in total. The van der Waals surface area contributed by atoms with E-state index in [4.69, 9.17) is 28.3 Å². The fourth-order valence-electron chi connectivity index (χ4n) is 0.869. The molecule has 1 aliphatic carbocycles. The number of hydrogen-bond acceptors (Lipinski definition) is 2. The normalized spacial score (nSPS) is 27.8. The first-order chi connectivity index (χ1) is 5.43. The lowest BCUT2D eigenvalue weighted by Gasteiger charge is -2.06. The highest BCUT2D eigenvalue weighted by Crippen LogP contribution is 2.53. The molecular formula is C7H11Cl2NO2. The molecule has 0 aromatic carbocycles. The van der Waals surface area contributed by atoms with Crippen LogP contribution in [-0.4, -0.2) is 28.0 Å². The number of aliphatic hydroxyl groups is 1. The van der Waals surface area contributed by atoms with Crippen molar-refractivity contribution < 1.29 is 9.90 Å². The van der Waals surface area contributed by atoms with Crippen LogP contribution in [0.2, 0.25) is 0 Å². The minimum atomic E-state index is -0.872. The molecule has 0 aromatic heterocycles. The van der Waals surface area contributed by atoms with Crippen molar-refractivity contribution in [2.24, 2.45) is 5.92 Å². The van der Waals surface area contributed by atoms with Crippen molar-refractivity contribution in [2.75, 3.05) is 6.54 Å². The average molecular weight is 212 g/mol. The standard InChI is InChI=1S/C7H11Cl2NO2/c1-4(11)3-10-6(12)5-2-7(5,8)9/h4-5,11H,2-3H2,1H3,(H,10,12). The second-order valence-corrected chi connectivity index (χ2v) is 4.65. The van der Waals surface area contributed by atoms with Gasteiger partial charge in [-0.2, -0.15) is 0 Å². The van der Waals surface area contributed by atoms with Crippen molar-refractivity contribution >= 4 is 29.1 Å². The van der Waals surface area contributed by atoms with E-state index in [1.165, 1.54) is 0 Å². The Balaban J connectivity index is 2.23. The van der Waals surface area contributed by atoms with E-state index in [1.807, 2.05) is 0 Å². The molecule has 12 heavy (non-hydrogen) atoms. The van der Waals surface area contributed by atoms with E-state index in [0.717, 1.165) is 0 Å². The highest BCUT2D eigenvalue weighted by atomic mass is 35.5. The van der Waals surface area contributed by atoms with E-state index in [2.05, 4.69) is 5.32 Å². The summed E-state index contributed by atoms with van der Waals surface area (Å²) in [5, 5.41) is 11.4. The molecule has 1 rings (SSSR count). The summed E-state index contributed by atoms with van der Waals surface area (Å²) in [6.07, 6.45) is -0.0327. The molecule has 2 N–H and O–H groups in total. The van der Waals surface area contributed by atoms with Crippen LogP contribution in [0.25, 0.3) is 0 Å². The lowest BCUT2D eigenvalue weighted by atomic mass is 10.3. The molecule has 0 spiro atoms. The molecule has 1 amide bonds. The monoisotopic (exact) mass is 211 g/mol. The van der Waals surface area contributed by atoms with Gasteiger partial charge in [0.1, 0.15) is 4.33 Å². The molecule has 0 radical (unpaired) electrons. The van der Waals surface area contributed by atoms with E-state index >= 15 is 0 Å². The number of rotatable bonds is 3. The summed E-state index contributed by atoms with van der Waals surface area (Å²) in [5.74, 6) is -0.486. The van der Waals surface area contributed by atoms with Gasteiger partial charge in [0, 0.05) is 6.54 Å². The third-order valence-corrected chi connectivity index (χ3v) is 2.55. The average Bonchev–Trinajstić information content (AvgIpc) is 2.55.